The lowest BCUT2D eigenvalue weighted by molar-refractivity contribution is -0.138. The minimum Gasteiger partial charge on any atom is -0.481 e. The van der Waals surface area contributed by atoms with Crippen LogP contribution in [-0.4, -0.2) is 20.6 Å². The van der Waals surface area contributed by atoms with Crippen LogP contribution in [0.15, 0.2) is 30.3 Å². The van der Waals surface area contributed by atoms with Gasteiger partial charge in [0.25, 0.3) is 0 Å². The van der Waals surface area contributed by atoms with Crippen LogP contribution in [0.5, 0.6) is 0 Å². The Morgan fingerprint density at radius 2 is 2.00 bits per heavy atom. The third-order valence-corrected chi connectivity index (χ3v) is 4.03. The van der Waals surface area contributed by atoms with Gasteiger partial charge in [0.15, 0.2) is 0 Å². The number of aliphatic carboxylic acids is 1. The van der Waals surface area contributed by atoms with Crippen molar-refractivity contribution in [3.63, 3.8) is 0 Å². The molecule has 0 amide bonds. The molecule has 0 fully saturated rings. The molecule has 2 rings (SSSR count). The molecule has 0 aliphatic heterocycles. The van der Waals surface area contributed by atoms with Gasteiger partial charge in [-0.15, -0.1) is 0 Å². The smallest absolute Gasteiger partial charge is 0.306 e. The van der Waals surface area contributed by atoms with Crippen molar-refractivity contribution in [3.8, 4) is 0 Å². The Labute approximate surface area is 138 Å². The number of aromatic nitrogens is 2. The molecule has 7 heteroatoms. The molecule has 2 aromatic rings. The third-order valence-electron chi connectivity index (χ3n) is 3.03. The van der Waals surface area contributed by atoms with Crippen LogP contribution in [0, 0.1) is 0 Å². The fourth-order valence-electron chi connectivity index (χ4n) is 2.09. The summed E-state index contributed by atoms with van der Waals surface area (Å²) >= 11 is 16.8. The molecule has 1 N–H and O–H groups in total. The minimum absolute atomic E-state index is 0.129. The van der Waals surface area contributed by atoms with Crippen molar-refractivity contribution in [2.24, 2.45) is 0 Å². The van der Waals surface area contributed by atoms with E-state index in [1.165, 1.54) is 4.57 Å². The monoisotopic (exact) mass is 344 g/mol. The highest BCUT2D eigenvalue weighted by molar-refractivity contribution is 7.81. The first-order valence-corrected chi connectivity index (χ1v) is 7.43. The summed E-state index contributed by atoms with van der Waals surface area (Å²) in [5, 5.41) is 9.40. The lowest BCUT2D eigenvalue weighted by Crippen LogP contribution is -2.27. The molecular formula is C14H14Cl2N2O2S. The maximum Gasteiger partial charge on any atom is 0.306 e. The number of nitrogens with zero attached hydrogens (tertiary/aromatic N) is 2. The zero-order valence-electron chi connectivity index (χ0n) is 11.3. The number of hydrogen-bond donors (Lipinski definition) is 2. The summed E-state index contributed by atoms with van der Waals surface area (Å²) in [6, 6.07) is 9.69. The molecule has 1 aromatic heterocycles. The summed E-state index contributed by atoms with van der Waals surface area (Å²) in [6.07, 6.45) is 0.292. The SMILES string of the molecule is CC(S)(CC(=O)O)n1c(Cl)nc(Cc2ccccc2)c1Cl. The van der Waals surface area contributed by atoms with Gasteiger partial charge in [-0.05, 0) is 24.1 Å². The van der Waals surface area contributed by atoms with Crippen LogP contribution in [-0.2, 0) is 16.1 Å². The van der Waals surface area contributed by atoms with Crippen molar-refractivity contribution < 1.29 is 9.90 Å². The molecule has 1 unspecified atom stereocenters. The number of carbonyl (C=O) groups is 1. The van der Waals surface area contributed by atoms with E-state index in [-0.39, 0.29) is 11.7 Å². The first-order chi connectivity index (χ1) is 9.81. The molecule has 0 spiro atoms. The van der Waals surface area contributed by atoms with Crippen molar-refractivity contribution in [2.75, 3.05) is 0 Å². The summed E-state index contributed by atoms with van der Waals surface area (Å²) in [5.41, 5.74) is 1.64. The van der Waals surface area contributed by atoms with Crippen molar-refractivity contribution in [3.05, 3.63) is 52.0 Å². The zero-order valence-corrected chi connectivity index (χ0v) is 13.7. The third kappa shape index (κ3) is 3.73. The average Bonchev–Trinajstić information content (AvgIpc) is 2.64. The first-order valence-electron chi connectivity index (χ1n) is 6.22. The lowest BCUT2D eigenvalue weighted by Gasteiger charge is -2.25. The number of halogens is 2. The van der Waals surface area contributed by atoms with Gasteiger partial charge in [-0.1, -0.05) is 41.9 Å². The number of hydrogen-bond acceptors (Lipinski definition) is 3. The van der Waals surface area contributed by atoms with Gasteiger partial charge in [0.2, 0.25) is 5.28 Å². The zero-order chi connectivity index (χ0) is 15.6. The van der Waals surface area contributed by atoms with Crippen molar-refractivity contribution in [2.45, 2.75) is 24.6 Å². The molecular weight excluding hydrogens is 331 g/mol. The number of imidazole rings is 1. The Balaban J connectivity index is 2.36. The summed E-state index contributed by atoms with van der Waals surface area (Å²) in [5.74, 6) is -0.988. The molecule has 0 aliphatic carbocycles. The maximum absolute atomic E-state index is 10.9. The van der Waals surface area contributed by atoms with E-state index in [1.54, 1.807) is 6.92 Å². The van der Waals surface area contributed by atoms with Gasteiger partial charge in [0.1, 0.15) is 5.15 Å². The van der Waals surface area contributed by atoms with E-state index >= 15 is 0 Å². The van der Waals surface area contributed by atoms with Gasteiger partial charge < -0.3 is 5.11 Å². The van der Waals surface area contributed by atoms with Crippen LogP contribution >= 0.6 is 35.8 Å². The number of rotatable bonds is 5. The quantitative estimate of drug-likeness (QED) is 0.809. The number of thiol groups is 1. The summed E-state index contributed by atoms with van der Waals surface area (Å²) in [4.78, 5) is 14.1. The first kappa shape index (κ1) is 16.2. The topological polar surface area (TPSA) is 55.1 Å². The van der Waals surface area contributed by atoms with Gasteiger partial charge in [-0.3, -0.25) is 9.36 Å². The van der Waals surface area contributed by atoms with Gasteiger partial charge in [-0.2, -0.15) is 12.6 Å². The van der Waals surface area contributed by atoms with Crippen molar-refractivity contribution in [1.82, 2.24) is 9.55 Å². The predicted molar refractivity (Wildman–Crippen MR) is 86.4 cm³/mol. The Morgan fingerprint density at radius 3 is 2.57 bits per heavy atom. The molecule has 4 nitrogen and oxygen atoms in total. The summed E-state index contributed by atoms with van der Waals surface area (Å²) in [6.45, 7) is 1.63. The second kappa shape index (κ2) is 6.30. The second-order valence-corrected chi connectivity index (χ2v) is 6.56. The Kier molecular flexibility index (Phi) is 4.86. The second-order valence-electron chi connectivity index (χ2n) is 4.90. The highest BCUT2D eigenvalue weighted by atomic mass is 35.5. The molecule has 1 heterocycles. The number of benzene rings is 1. The fraction of sp³-hybridized carbons (Fsp3) is 0.286. The number of carboxylic acid groups (broad SMARTS) is 1. The molecule has 1 aromatic carbocycles. The summed E-state index contributed by atoms with van der Waals surface area (Å²) < 4.78 is 1.44. The highest BCUT2D eigenvalue weighted by Gasteiger charge is 2.31. The van der Waals surface area contributed by atoms with Gasteiger partial charge in [0, 0.05) is 6.42 Å². The summed E-state index contributed by atoms with van der Waals surface area (Å²) in [7, 11) is 0. The van der Waals surface area contributed by atoms with E-state index < -0.39 is 10.8 Å². The standard InChI is InChI=1S/C14H14Cl2N2O2S/c1-14(21,8-11(19)20)18-12(15)10(17-13(18)16)7-9-5-3-2-4-6-9/h2-6,21H,7-8H2,1H3,(H,19,20). The minimum atomic E-state index is -1.05. The Bertz CT molecular complexity index is 656. The molecule has 0 radical (unpaired) electrons. The fourth-order valence-corrected chi connectivity index (χ4v) is 3.33. The largest absolute Gasteiger partial charge is 0.481 e. The van der Waals surface area contributed by atoms with E-state index in [0.717, 1.165) is 5.56 Å². The van der Waals surface area contributed by atoms with Gasteiger partial charge >= 0.3 is 5.97 Å². The van der Waals surface area contributed by atoms with Crippen molar-refractivity contribution in [1.29, 1.82) is 0 Å². The molecule has 1 atom stereocenters. The van der Waals surface area contributed by atoms with Crippen LogP contribution in [0.1, 0.15) is 24.6 Å². The van der Waals surface area contributed by atoms with Crippen molar-refractivity contribution >= 4 is 41.8 Å². The normalized spacial score (nSPS) is 13.9. The van der Waals surface area contributed by atoms with E-state index in [2.05, 4.69) is 17.6 Å². The van der Waals surface area contributed by atoms with Gasteiger partial charge in [-0.25, -0.2) is 4.98 Å². The average molecular weight is 345 g/mol. The molecule has 0 aliphatic rings. The van der Waals surface area contributed by atoms with Crippen LogP contribution in [0.2, 0.25) is 10.4 Å². The Hall–Kier alpha value is -1.17. The molecule has 0 saturated heterocycles. The molecule has 0 bridgehead atoms. The molecule has 21 heavy (non-hydrogen) atoms. The number of carboxylic acids is 1. The van der Waals surface area contributed by atoms with E-state index in [0.29, 0.717) is 17.3 Å². The highest BCUT2D eigenvalue weighted by Crippen LogP contribution is 2.35. The van der Waals surface area contributed by atoms with Crippen LogP contribution in [0.3, 0.4) is 0 Å². The van der Waals surface area contributed by atoms with E-state index in [4.69, 9.17) is 28.3 Å². The van der Waals surface area contributed by atoms with Crippen LogP contribution in [0.4, 0.5) is 0 Å². The van der Waals surface area contributed by atoms with Gasteiger partial charge in [0.05, 0.1) is 17.0 Å². The van der Waals surface area contributed by atoms with Crippen LogP contribution in [0.25, 0.3) is 0 Å². The van der Waals surface area contributed by atoms with E-state index in [9.17, 15) is 4.79 Å². The molecule has 112 valence electrons. The lowest BCUT2D eigenvalue weighted by atomic mass is 10.1. The maximum atomic E-state index is 10.9. The predicted octanol–water partition coefficient (Wildman–Crippen LogP) is 3.86. The van der Waals surface area contributed by atoms with E-state index in [1.807, 2.05) is 30.3 Å². The van der Waals surface area contributed by atoms with Crippen LogP contribution < -0.4 is 0 Å². The Morgan fingerprint density at radius 1 is 1.38 bits per heavy atom. The molecule has 0 saturated carbocycles.